The Kier molecular flexibility index (Phi) is 13.0. The number of nitrogens with one attached hydrogen (secondary N) is 1. The highest BCUT2D eigenvalue weighted by atomic mass is 32.1. The van der Waals surface area contributed by atoms with Gasteiger partial charge in [0, 0.05) is 24.1 Å². The largest absolute Gasteiger partial charge is 0.481 e. The van der Waals surface area contributed by atoms with Gasteiger partial charge in [-0.3, -0.25) is 14.4 Å². The second-order valence-corrected chi connectivity index (χ2v) is 8.53. The van der Waals surface area contributed by atoms with Gasteiger partial charge in [0.15, 0.2) is 0 Å². The summed E-state index contributed by atoms with van der Waals surface area (Å²) in [6, 6.07) is 3.53. The van der Waals surface area contributed by atoms with Crippen LogP contribution in [0.25, 0.3) is 0 Å². The van der Waals surface area contributed by atoms with Crippen LogP contribution in [0.3, 0.4) is 0 Å². The number of unbranched alkanes of at least 4 members (excludes halogenated alkanes) is 6. The van der Waals surface area contributed by atoms with Crippen LogP contribution in [0, 0.1) is 5.92 Å². The third kappa shape index (κ3) is 12.3. The Morgan fingerprint density at radius 3 is 2.41 bits per heavy atom. The first-order valence-electron chi connectivity index (χ1n) is 10.6. The molecule has 0 fully saturated rings. The van der Waals surface area contributed by atoms with Crippen molar-refractivity contribution in [2.24, 2.45) is 5.92 Å². The molecule has 0 aliphatic heterocycles. The van der Waals surface area contributed by atoms with Gasteiger partial charge in [0.05, 0.1) is 12.5 Å². The van der Waals surface area contributed by atoms with Crippen LogP contribution < -0.4 is 5.32 Å². The number of carboxylic acid groups (broad SMARTS) is 1. The standard InChI is InChI=1S/C22H35NO5S/c1-3-4-5-6-7-8-9-11-18(14-21(25)26)22(27)23-19(16-28-17(2)24)15-20-12-10-13-29-20/h10,12-13,18-19H,3-9,11,14-16H2,1-2H3,(H,23,27)(H,25,26)/t18-,19+/m1/s1. The van der Waals surface area contributed by atoms with E-state index in [-0.39, 0.29) is 25.0 Å². The zero-order valence-corrected chi connectivity index (χ0v) is 18.5. The number of aliphatic carboxylic acids is 1. The maximum atomic E-state index is 12.8. The zero-order chi connectivity index (χ0) is 21.5. The molecule has 0 unspecified atom stereocenters. The molecule has 0 aromatic carbocycles. The topological polar surface area (TPSA) is 92.7 Å². The van der Waals surface area contributed by atoms with Gasteiger partial charge < -0.3 is 15.2 Å². The number of carbonyl (C=O) groups excluding carboxylic acids is 2. The monoisotopic (exact) mass is 425 g/mol. The fourth-order valence-corrected chi connectivity index (χ4v) is 4.03. The third-order valence-electron chi connectivity index (χ3n) is 4.81. The van der Waals surface area contributed by atoms with Crippen molar-refractivity contribution in [1.82, 2.24) is 5.32 Å². The summed E-state index contributed by atoms with van der Waals surface area (Å²) in [6.07, 6.45) is 8.79. The van der Waals surface area contributed by atoms with Crippen LogP contribution in [0.2, 0.25) is 0 Å². The molecule has 1 heterocycles. The maximum absolute atomic E-state index is 12.8. The molecule has 2 N–H and O–H groups in total. The molecule has 1 amide bonds. The molecule has 0 radical (unpaired) electrons. The molecule has 29 heavy (non-hydrogen) atoms. The molecule has 0 aliphatic carbocycles. The van der Waals surface area contributed by atoms with Crippen molar-refractivity contribution < 1.29 is 24.2 Å². The number of esters is 1. The number of thiophene rings is 1. The van der Waals surface area contributed by atoms with E-state index in [0.717, 1.165) is 24.1 Å². The minimum Gasteiger partial charge on any atom is -0.481 e. The molecular weight excluding hydrogens is 390 g/mol. The minimum atomic E-state index is -0.970. The van der Waals surface area contributed by atoms with Crippen LogP contribution in [0.4, 0.5) is 0 Å². The Morgan fingerprint density at radius 2 is 1.83 bits per heavy atom. The molecule has 1 aromatic rings. The Labute approximate surface area is 178 Å². The first-order chi connectivity index (χ1) is 13.9. The molecule has 2 atom stereocenters. The van der Waals surface area contributed by atoms with Crippen LogP contribution in [0.15, 0.2) is 17.5 Å². The minimum absolute atomic E-state index is 0.0796. The van der Waals surface area contributed by atoms with E-state index < -0.39 is 17.9 Å². The van der Waals surface area contributed by atoms with Gasteiger partial charge in [-0.05, 0) is 17.9 Å². The Balaban J connectivity index is 2.56. The Bertz CT molecular complexity index is 602. The van der Waals surface area contributed by atoms with Gasteiger partial charge in [-0.15, -0.1) is 11.3 Å². The predicted octanol–water partition coefficient (Wildman–Crippen LogP) is 4.57. The van der Waals surface area contributed by atoms with E-state index in [0.29, 0.717) is 12.8 Å². The number of carboxylic acids is 1. The summed E-state index contributed by atoms with van der Waals surface area (Å²) in [5.41, 5.74) is 0. The molecule has 0 saturated carbocycles. The van der Waals surface area contributed by atoms with E-state index in [1.165, 1.54) is 32.6 Å². The summed E-state index contributed by atoms with van der Waals surface area (Å²) in [7, 11) is 0. The second kappa shape index (κ2) is 15.0. The summed E-state index contributed by atoms with van der Waals surface area (Å²) in [6.45, 7) is 3.59. The van der Waals surface area contributed by atoms with Crippen LogP contribution in [0.1, 0.15) is 76.5 Å². The number of rotatable bonds is 16. The van der Waals surface area contributed by atoms with Gasteiger partial charge in [0.2, 0.25) is 5.91 Å². The molecule has 0 saturated heterocycles. The predicted molar refractivity (Wildman–Crippen MR) is 115 cm³/mol. The summed E-state index contributed by atoms with van der Waals surface area (Å²) in [5.74, 6) is -2.21. The molecule has 0 spiro atoms. The first-order valence-corrected chi connectivity index (χ1v) is 11.5. The van der Waals surface area contributed by atoms with E-state index in [2.05, 4.69) is 12.2 Å². The molecule has 0 bridgehead atoms. The van der Waals surface area contributed by atoms with Crippen LogP contribution in [0.5, 0.6) is 0 Å². The van der Waals surface area contributed by atoms with Crippen molar-refractivity contribution in [2.75, 3.05) is 6.61 Å². The van der Waals surface area contributed by atoms with Crippen molar-refractivity contribution in [3.63, 3.8) is 0 Å². The van der Waals surface area contributed by atoms with Crippen molar-refractivity contribution in [1.29, 1.82) is 0 Å². The average molecular weight is 426 g/mol. The van der Waals surface area contributed by atoms with Gasteiger partial charge in [-0.2, -0.15) is 0 Å². The summed E-state index contributed by atoms with van der Waals surface area (Å²) < 4.78 is 5.09. The molecule has 1 aromatic heterocycles. The smallest absolute Gasteiger partial charge is 0.304 e. The fraction of sp³-hybridized carbons (Fsp3) is 0.682. The third-order valence-corrected chi connectivity index (χ3v) is 5.71. The van der Waals surface area contributed by atoms with Gasteiger partial charge >= 0.3 is 11.9 Å². The highest BCUT2D eigenvalue weighted by molar-refractivity contribution is 7.09. The lowest BCUT2D eigenvalue weighted by molar-refractivity contribution is -0.143. The number of carbonyl (C=O) groups is 3. The average Bonchev–Trinajstić information content (AvgIpc) is 3.17. The SMILES string of the molecule is CCCCCCCCC[C@H](CC(=O)O)C(=O)N[C@H](COC(C)=O)Cc1cccs1. The highest BCUT2D eigenvalue weighted by Gasteiger charge is 2.24. The Morgan fingerprint density at radius 1 is 1.14 bits per heavy atom. The van der Waals surface area contributed by atoms with Crippen molar-refractivity contribution in [3.05, 3.63) is 22.4 Å². The van der Waals surface area contributed by atoms with Crippen LogP contribution >= 0.6 is 11.3 Å². The summed E-state index contributed by atoms with van der Waals surface area (Å²) >= 11 is 1.57. The maximum Gasteiger partial charge on any atom is 0.304 e. The van der Waals surface area contributed by atoms with E-state index in [1.807, 2.05) is 17.5 Å². The van der Waals surface area contributed by atoms with E-state index >= 15 is 0 Å². The molecular formula is C22H35NO5S. The van der Waals surface area contributed by atoms with Gasteiger partial charge in [0.1, 0.15) is 6.61 Å². The summed E-state index contributed by atoms with van der Waals surface area (Å²) in [4.78, 5) is 36.2. The van der Waals surface area contributed by atoms with Gasteiger partial charge in [0.25, 0.3) is 0 Å². The van der Waals surface area contributed by atoms with Crippen LogP contribution in [-0.4, -0.2) is 35.6 Å². The molecule has 1 rings (SSSR count). The number of amides is 1. The summed E-state index contributed by atoms with van der Waals surface area (Å²) in [5, 5.41) is 14.1. The second-order valence-electron chi connectivity index (χ2n) is 7.50. The fourth-order valence-electron chi connectivity index (χ4n) is 3.24. The molecule has 6 nitrogen and oxygen atoms in total. The van der Waals surface area contributed by atoms with Gasteiger partial charge in [-0.1, -0.05) is 57.9 Å². The van der Waals surface area contributed by atoms with Crippen LogP contribution in [-0.2, 0) is 25.5 Å². The number of hydrogen-bond acceptors (Lipinski definition) is 5. The first kappa shape index (κ1) is 25.1. The number of ether oxygens (including phenoxy) is 1. The number of hydrogen-bond donors (Lipinski definition) is 2. The lowest BCUT2D eigenvalue weighted by atomic mass is 9.95. The molecule has 7 heteroatoms. The van der Waals surface area contributed by atoms with Crippen molar-refractivity contribution in [3.8, 4) is 0 Å². The Hall–Kier alpha value is -1.89. The van der Waals surface area contributed by atoms with Gasteiger partial charge in [-0.25, -0.2) is 0 Å². The lowest BCUT2D eigenvalue weighted by Gasteiger charge is -2.21. The molecule has 0 aliphatic rings. The van der Waals surface area contributed by atoms with E-state index in [9.17, 15) is 19.5 Å². The van der Waals surface area contributed by atoms with E-state index in [4.69, 9.17) is 4.74 Å². The molecule has 164 valence electrons. The van der Waals surface area contributed by atoms with Crippen molar-refractivity contribution in [2.45, 2.75) is 84.1 Å². The normalized spacial score (nSPS) is 12.9. The highest BCUT2D eigenvalue weighted by Crippen LogP contribution is 2.18. The van der Waals surface area contributed by atoms with E-state index in [1.54, 1.807) is 11.3 Å². The lowest BCUT2D eigenvalue weighted by Crippen LogP contribution is -2.43. The zero-order valence-electron chi connectivity index (χ0n) is 17.7. The quantitative estimate of drug-likeness (QED) is 0.299. The van der Waals surface area contributed by atoms with Crippen molar-refractivity contribution >= 4 is 29.2 Å².